The van der Waals surface area contributed by atoms with Crippen LogP contribution in [0.15, 0.2) is 36.7 Å². The van der Waals surface area contributed by atoms with Crippen LogP contribution in [0.4, 0.5) is 21.6 Å². The van der Waals surface area contributed by atoms with E-state index < -0.39 is 0 Å². The maximum atomic E-state index is 14.2. The van der Waals surface area contributed by atoms with E-state index in [2.05, 4.69) is 14.9 Å². The van der Waals surface area contributed by atoms with Crippen LogP contribution in [0.5, 0.6) is 5.88 Å². The molecule has 1 aliphatic rings. The number of anilines is 3. The van der Waals surface area contributed by atoms with Gasteiger partial charge in [0.25, 0.3) is 0 Å². The fourth-order valence-corrected chi connectivity index (χ4v) is 4.52. The van der Waals surface area contributed by atoms with Crippen molar-refractivity contribution in [2.24, 2.45) is 0 Å². The lowest BCUT2D eigenvalue weighted by Gasteiger charge is -2.30. The zero-order chi connectivity index (χ0) is 25.4. The minimum absolute atomic E-state index is 0.247. The SMILES string of the molecule is COc1nc(N2CCOCC2)c(N)c(-c2nccc(-n3cc(CN(C)C)c4ccc(F)cc43)n2)c1N. The molecular formula is C25H29FN8O2. The third-order valence-electron chi connectivity index (χ3n) is 6.17. The first-order valence-electron chi connectivity index (χ1n) is 11.6. The molecule has 1 saturated heterocycles. The molecule has 0 radical (unpaired) electrons. The quantitative estimate of drug-likeness (QED) is 0.418. The number of halogens is 1. The molecule has 10 nitrogen and oxygen atoms in total. The van der Waals surface area contributed by atoms with E-state index in [1.54, 1.807) is 18.3 Å². The van der Waals surface area contributed by atoms with Gasteiger partial charge in [-0.15, -0.1) is 0 Å². The third kappa shape index (κ3) is 4.27. The van der Waals surface area contributed by atoms with Crippen molar-refractivity contribution in [1.29, 1.82) is 0 Å². The summed E-state index contributed by atoms with van der Waals surface area (Å²) in [6.07, 6.45) is 3.60. The lowest BCUT2D eigenvalue weighted by Crippen LogP contribution is -2.37. The molecule has 1 aromatic carbocycles. The van der Waals surface area contributed by atoms with Gasteiger partial charge in [-0.25, -0.2) is 14.4 Å². The Morgan fingerprint density at radius 3 is 2.61 bits per heavy atom. The minimum atomic E-state index is -0.324. The first kappa shape index (κ1) is 23.8. The van der Waals surface area contributed by atoms with Gasteiger partial charge in [0.15, 0.2) is 11.6 Å². The third-order valence-corrected chi connectivity index (χ3v) is 6.17. The molecule has 0 amide bonds. The summed E-state index contributed by atoms with van der Waals surface area (Å²) in [6, 6.07) is 6.53. The Kier molecular flexibility index (Phi) is 6.33. The van der Waals surface area contributed by atoms with Gasteiger partial charge in [0.1, 0.15) is 17.3 Å². The number of hydrogen-bond donors (Lipinski definition) is 2. The van der Waals surface area contributed by atoms with Crippen LogP contribution in [0.25, 0.3) is 28.1 Å². The molecule has 4 N–H and O–H groups in total. The zero-order valence-electron chi connectivity index (χ0n) is 20.5. The summed E-state index contributed by atoms with van der Waals surface area (Å²) < 4.78 is 27.0. The van der Waals surface area contributed by atoms with Crippen LogP contribution in [0.1, 0.15) is 5.56 Å². The van der Waals surface area contributed by atoms with Crippen LogP contribution in [-0.2, 0) is 11.3 Å². The van der Waals surface area contributed by atoms with Gasteiger partial charge in [-0.3, -0.25) is 0 Å². The highest BCUT2D eigenvalue weighted by Gasteiger charge is 2.25. The maximum absolute atomic E-state index is 14.2. The van der Waals surface area contributed by atoms with Crippen LogP contribution < -0.4 is 21.1 Å². The molecule has 11 heteroatoms. The Bertz CT molecular complexity index is 1420. The maximum Gasteiger partial charge on any atom is 0.239 e. The molecule has 4 aromatic rings. The second kappa shape index (κ2) is 9.59. The van der Waals surface area contributed by atoms with E-state index in [1.165, 1.54) is 19.2 Å². The molecule has 188 valence electrons. The molecule has 0 aliphatic carbocycles. The molecular weight excluding hydrogens is 463 g/mol. The normalized spacial score (nSPS) is 14.1. The first-order chi connectivity index (χ1) is 17.4. The van der Waals surface area contributed by atoms with E-state index in [9.17, 15) is 4.39 Å². The van der Waals surface area contributed by atoms with E-state index in [1.807, 2.05) is 29.8 Å². The summed E-state index contributed by atoms with van der Waals surface area (Å²) >= 11 is 0. The van der Waals surface area contributed by atoms with Crippen LogP contribution >= 0.6 is 0 Å². The summed E-state index contributed by atoms with van der Waals surface area (Å²) in [4.78, 5) is 17.9. The van der Waals surface area contributed by atoms with Crippen molar-refractivity contribution in [3.63, 3.8) is 0 Å². The number of nitrogen functional groups attached to an aromatic ring is 2. The van der Waals surface area contributed by atoms with E-state index in [0.717, 1.165) is 10.9 Å². The standard InChI is InChI=1S/C25H29FN8O2/c1-32(2)13-15-14-34(18-12-16(26)4-5-17(15)18)19-6-7-29-23(30-19)20-21(27)24(31-25(35-3)22(20)28)33-8-10-36-11-9-33/h4-7,12,14H,8-11,13,27-28H2,1-3H3. The van der Waals surface area contributed by atoms with E-state index in [-0.39, 0.29) is 17.4 Å². The zero-order valence-corrected chi connectivity index (χ0v) is 20.5. The molecule has 0 spiro atoms. The molecule has 0 atom stereocenters. The van der Waals surface area contributed by atoms with Gasteiger partial charge in [-0.2, -0.15) is 4.98 Å². The Balaban J connectivity index is 1.66. The highest BCUT2D eigenvalue weighted by atomic mass is 19.1. The largest absolute Gasteiger partial charge is 0.479 e. The summed E-state index contributed by atoms with van der Waals surface area (Å²) in [6.45, 7) is 3.11. The molecule has 1 fully saturated rings. The predicted molar refractivity (Wildman–Crippen MR) is 138 cm³/mol. The smallest absolute Gasteiger partial charge is 0.239 e. The van der Waals surface area contributed by atoms with E-state index >= 15 is 0 Å². The summed E-state index contributed by atoms with van der Waals surface area (Å²) in [5.74, 6) is 1.36. The highest BCUT2D eigenvalue weighted by Crippen LogP contribution is 2.41. The summed E-state index contributed by atoms with van der Waals surface area (Å²) in [5, 5.41) is 0.949. The van der Waals surface area contributed by atoms with Gasteiger partial charge in [0, 0.05) is 37.4 Å². The molecule has 36 heavy (non-hydrogen) atoms. The number of methoxy groups -OCH3 is 1. The number of morpholine rings is 1. The number of ether oxygens (including phenoxy) is 2. The predicted octanol–water partition coefficient (Wildman–Crippen LogP) is 2.69. The van der Waals surface area contributed by atoms with Crippen molar-refractivity contribution in [1.82, 2.24) is 24.4 Å². The molecule has 0 unspecified atom stereocenters. The Morgan fingerprint density at radius 1 is 1.11 bits per heavy atom. The molecule has 5 rings (SSSR count). The number of aromatic nitrogens is 4. The van der Waals surface area contributed by atoms with Crippen molar-refractivity contribution in [2.75, 3.05) is 63.9 Å². The van der Waals surface area contributed by atoms with Gasteiger partial charge in [0.2, 0.25) is 5.88 Å². The van der Waals surface area contributed by atoms with E-state index in [4.69, 9.17) is 25.9 Å². The van der Waals surface area contributed by atoms with Gasteiger partial charge in [-0.05, 0) is 43.9 Å². The van der Waals surface area contributed by atoms with Crippen molar-refractivity contribution in [3.05, 3.63) is 48.0 Å². The van der Waals surface area contributed by atoms with Gasteiger partial charge in [-0.1, -0.05) is 0 Å². The number of rotatable bonds is 6. The van der Waals surface area contributed by atoms with Crippen molar-refractivity contribution >= 4 is 28.1 Å². The van der Waals surface area contributed by atoms with Gasteiger partial charge < -0.3 is 35.3 Å². The Labute approximate surface area is 208 Å². The van der Waals surface area contributed by atoms with Gasteiger partial charge >= 0.3 is 0 Å². The molecule has 0 saturated carbocycles. The van der Waals surface area contributed by atoms with Crippen molar-refractivity contribution < 1.29 is 13.9 Å². The second-order valence-electron chi connectivity index (χ2n) is 8.91. The van der Waals surface area contributed by atoms with E-state index in [0.29, 0.717) is 67.1 Å². The summed E-state index contributed by atoms with van der Waals surface area (Å²) in [7, 11) is 5.49. The molecule has 0 bridgehead atoms. The number of pyridine rings is 1. The summed E-state index contributed by atoms with van der Waals surface area (Å²) in [5.41, 5.74) is 15.9. The Hall–Kier alpha value is -3.96. The number of fused-ring (bicyclic) bond motifs is 1. The fraction of sp³-hybridized carbons (Fsp3) is 0.320. The van der Waals surface area contributed by atoms with Gasteiger partial charge in [0.05, 0.1) is 37.1 Å². The van der Waals surface area contributed by atoms with Crippen LogP contribution in [0, 0.1) is 5.82 Å². The number of hydrogen-bond acceptors (Lipinski definition) is 9. The van der Waals surface area contributed by atoms with Crippen molar-refractivity contribution in [3.8, 4) is 23.1 Å². The fourth-order valence-electron chi connectivity index (χ4n) is 4.52. The highest BCUT2D eigenvalue weighted by molar-refractivity contribution is 5.92. The second-order valence-corrected chi connectivity index (χ2v) is 8.91. The average Bonchev–Trinajstić information content (AvgIpc) is 3.21. The topological polar surface area (TPSA) is 121 Å². The lowest BCUT2D eigenvalue weighted by atomic mass is 10.1. The minimum Gasteiger partial charge on any atom is -0.479 e. The monoisotopic (exact) mass is 492 g/mol. The first-order valence-corrected chi connectivity index (χ1v) is 11.6. The molecule has 4 heterocycles. The van der Waals surface area contributed by atoms with Crippen molar-refractivity contribution in [2.45, 2.75) is 6.54 Å². The van der Waals surface area contributed by atoms with Crippen LogP contribution in [-0.4, -0.2) is 71.9 Å². The Morgan fingerprint density at radius 2 is 1.89 bits per heavy atom. The lowest BCUT2D eigenvalue weighted by molar-refractivity contribution is 0.122. The number of benzene rings is 1. The van der Waals surface area contributed by atoms with Crippen LogP contribution in [0.3, 0.4) is 0 Å². The molecule has 3 aromatic heterocycles. The average molecular weight is 493 g/mol. The van der Waals surface area contributed by atoms with Crippen LogP contribution in [0.2, 0.25) is 0 Å². The molecule has 1 aliphatic heterocycles. The number of nitrogens with two attached hydrogens (primary N) is 2. The number of nitrogens with zero attached hydrogens (tertiary/aromatic N) is 6.